The number of rotatable bonds is 3. The largest absolute Gasteiger partial charge is 0.312 e. The lowest BCUT2D eigenvalue weighted by Crippen LogP contribution is -2.24. The highest BCUT2D eigenvalue weighted by Gasteiger charge is 2.33. The van der Waals surface area contributed by atoms with E-state index in [1.54, 1.807) is 23.2 Å². The molecule has 2 aromatic heterocycles. The van der Waals surface area contributed by atoms with E-state index < -0.39 is 0 Å². The molecule has 0 bridgehead atoms. The normalized spacial score (nSPS) is 16.5. The van der Waals surface area contributed by atoms with Crippen LogP contribution in [-0.4, -0.2) is 27.0 Å². The van der Waals surface area contributed by atoms with Crippen LogP contribution in [0.15, 0.2) is 65.6 Å². The maximum atomic E-state index is 13.3. The van der Waals surface area contributed by atoms with Crippen molar-refractivity contribution in [2.75, 3.05) is 11.4 Å². The Hall–Kier alpha value is -3.74. The van der Waals surface area contributed by atoms with Gasteiger partial charge in [-0.1, -0.05) is 24.3 Å². The smallest absolute Gasteiger partial charge is 0.272 e. The number of fused-ring (bicyclic) bond motifs is 1. The van der Waals surface area contributed by atoms with Crippen LogP contribution in [0, 0.1) is 12.7 Å². The molecule has 1 amide bonds. The summed E-state index contributed by atoms with van der Waals surface area (Å²) in [7, 11) is 0. The highest BCUT2D eigenvalue weighted by Crippen LogP contribution is 2.32. The molecule has 3 heterocycles. The molecule has 1 unspecified atom stereocenters. The van der Waals surface area contributed by atoms with Gasteiger partial charge in [-0.15, -0.1) is 0 Å². The lowest BCUT2D eigenvalue weighted by molar-refractivity contribution is -0.117. The first-order valence-corrected chi connectivity index (χ1v) is 9.73. The van der Waals surface area contributed by atoms with E-state index in [0.717, 1.165) is 16.8 Å². The van der Waals surface area contributed by atoms with E-state index in [9.17, 15) is 14.0 Å². The Labute approximate surface area is 171 Å². The first kappa shape index (κ1) is 18.3. The Bertz CT molecular complexity index is 1320. The van der Waals surface area contributed by atoms with Crippen LogP contribution in [0.5, 0.6) is 0 Å². The highest BCUT2D eigenvalue weighted by atomic mass is 19.1. The number of nitrogens with one attached hydrogen (secondary N) is 1. The van der Waals surface area contributed by atoms with Crippen molar-refractivity contribution in [1.29, 1.82) is 0 Å². The fourth-order valence-electron chi connectivity index (χ4n) is 4.00. The summed E-state index contributed by atoms with van der Waals surface area (Å²) in [5.41, 5.74) is 4.20. The number of nitrogens with zero attached hydrogens (tertiary/aromatic N) is 3. The predicted octanol–water partition coefficient (Wildman–Crippen LogP) is 3.66. The molecular weight excluding hydrogens is 383 g/mol. The summed E-state index contributed by atoms with van der Waals surface area (Å²) in [5, 5.41) is 2.91. The molecule has 1 aliphatic rings. The van der Waals surface area contributed by atoms with E-state index in [0.29, 0.717) is 29.9 Å². The summed E-state index contributed by atoms with van der Waals surface area (Å²) in [6, 6.07) is 15.3. The van der Waals surface area contributed by atoms with Crippen LogP contribution in [0.3, 0.4) is 0 Å². The maximum Gasteiger partial charge on any atom is 0.272 e. The molecule has 0 aliphatic carbocycles. The summed E-state index contributed by atoms with van der Waals surface area (Å²) in [6.45, 7) is 2.46. The maximum absolute atomic E-state index is 13.3. The van der Waals surface area contributed by atoms with Crippen molar-refractivity contribution in [3.8, 4) is 11.1 Å². The number of halogens is 1. The summed E-state index contributed by atoms with van der Waals surface area (Å²) in [6.07, 6.45) is 1.98. The molecule has 1 fully saturated rings. The zero-order chi connectivity index (χ0) is 20.8. The number of carbonyl (C=O) groups is 1. The topological polar surface area (TPSA) is 70.5 Å². The number of aromatic amines is 1. The van der Waals surface area contributed by atoms with Gasteiger partial charge in [0.1, 0.15) is 5.82 Å². The minimum Gasteiger partial charge on any atom is -0.312 e. The van der Waals surface area contributed by atoms with Crippen LogP contribution in [0.4, 0.5) is 10.1 Å². The van der Waals surface area contributed by atoms with Crippen molar-refractivity contribution in [2.24, 2.45) is 0 Å². The highest BCUT2D eigenvalue weighted by molar-refractivity contribution is 5.96. The van der Waals surface area contributed by atoms with Crippen LogP contribution in [0.1, 0.15) is 23.6 Å². The lowest BCUT2D eigenvalue weighted by atomic mass is 10.0. The second kappa shape index (κ2) is 6.95. The fraction of sp³-hybridized carbons (Fsp3) is 0.174. The predicted molar refractivity (Wildman–Crippen MR) is 112 cm³/mol. The molecule has 7 heteroatoms. The van der Waals surface area contributed by atoms with Gasteiger partial charge in [0, 0.05) is 42.4 Å². The van der Waals surface area contributed by atoms with Crippen LogP contribution < -0.4 is 10.5 Å². The van der Waals surface area contributed by atoms with Crippen LogP contribution in [0.2, 0.25) is 0 Å². The van der Waals surface area contributed by atoms with E-state index in [1.165, 1.54) is 22.7 Å². The summed E-state index contributed by atoms with van der Waals surface area (Å²) in [5.74, 6) is -0.489. The Kier molecular flexibility index (Phi) is 4.24. The molecule has 150 valence electrons. The Morgan fingerprint density at radius 1 is 1.10 bits per heavy atom. The number of amides is 1. The van der Waals surface area contributed by atoms with Gasteiger partial charge in [-0.25, -0.2) is 13.9 Å². The molecule has 0 saturated carbocycles. The van der Waals surface area contributed by atoms with E-state index in [-0.39, 0.29) is 23.2 Å². The first-order chi connectivity index (χ1) is 14.5. The molecule has 30 heavy (non-hydrogen) atoms. The second-order valence-electron chi connectivity index (χ2n) is 7.62. The zero-order valence-electron chi connectivity index (χ0n) is 16.3. The minimum absolute atomic E-state index is 0.0143. The summed E-state index contributed by atoms with van der Waals surface area (Å²) in [4.78, 5) is 31.8. The van der Waals surface area contributed by atoms with Crippen molar-refractivity contribution in [2.45, 2.75) is 19.3 Å². The van der Waals surface area contributed by atoms with Gasteiger partial charge in [0.05, 0.1) is 5.69 Å². The first-order valence-electron chi connectivity index (χ1n) is 9.73. The third-order valence-electron chi connectivity index (χ3n) is 5.53. The molecule has 1 N–H and O–H groups in total. The molecule has 6 nitrogen and oxygen atoms in total. The van der Waals surface area contributed by atoms with E-state index >= 15 is 0 Å². The van der Waals surface area contributed by atoms with Gasteiger partial charge in [-0.3, -0.25) is 14.7 Å². The van der Waals surface area contributed by atoms with Crippen LogP contribution in [-0.2, 0) is 4.79 Å². The second-order valence-corrected chi connectivity index (χ2v) is 7.62. The molecule has 1 aliphatic heterocycles. The number of carbonyl (C=O) groups excluding carboxylic acids is 1. The molecule has 0 radical (unpaired) electrons. The van der Waals surface area contributed by atoms with Gasteiger partial charge in [-0.05, 0) is 42.3 Å². The summed E-state index contributed by atoms with van der Waals surface area (Å²) >= 11 is 0. The molecule has 5 rings (SSSR count). The SMILES string of the molecule is Cc1cccc(N2CC(c3cc(=O)n4[nH]cc(-c5ccc(F)cc5)c4n3)CC2=O)c1. The number of hydrogen-bond donors (Lipinski definition) is 1. The number of H-pyrrole nitrogens is 1. The Balaban J connectivity index is 1.53. The zero-order valence-corrected chi connectivity index (χ0v) is 16.3. The van der Waals surface area contributed by atoms with Crippen LogP contribution in [0.25, 0.3) is 16.8 Å². The average molecular weight is 402 g/mol. The minimum atomic E-state index is -0.329. The Morgan fingerprint density at radius 2 is 1.90 bits per heavy atom. The van der Waals surface area contributed by atoms with Crippen molar-refractivity contribution < 1.29 is 9.18 Å². The Morgan fingerprint density at radius 3 is 2.67 bits per heavy atom. The van der Waals surface area contributed by atoms with Crippen molar-refractivity contribution in [3.63, 3.8) is 0 Å². The van der Waals surface area contributed by atoms with E-state index in [4.69, 9.17) is 4.98 Å². The van der Waals surface area contributed by atoms with Crippen molar-refractivity contribution >= 4 is 17.2 Å². The van der Waals surface area contributed by atoms with Crippen LogP contribution >= 0.6 is 0 Å². The van der Waals surface area contributed by atoms with Gasteiger partial charge < -0.3 is 4.90 Å². The quantitative estimate of drug-likeness (QED) is 0.569. The summed E-state index contributed by atoms with van der Waals surface area (Å²) < 4.78 is 14.7. The average Bonchev–Trinajstić information content (AvgIpc) is 3.33. The third-order valence-corrected chi connectivity index (χ3v) is 5.53. The molecule has 0 spiro atoms. The number of benzene rings is 2. The fourth-order valence-corrected chi connectivity index (χ4v) is 4.00. The van der Waals surface area contributed by atoms with E-state index in [1.807, 2.05) is 31.2 Å². The van der Waals surface area contributed by atoms with Gasteiger partial charge in [0.15, 0.2) is 5.65 Å². The van der Waals surface area contributed by atoms with Gasteiger partial charge >= 0.3 is 0 Å². The van der Waals surface area contributed by atoms with Crippen molar-refractivity contribution in [3.05, 3.63) is 88.2 Å². The number of aromatic nitrogens is 3. The third kappa shape index (κ3) is 3.08. The molecule has 1 saturated heterocycles. The van der Waals surface area contributed by atoms with Gasteiger partial charge in [0.2, 0.25) is 5.91 Å². The van der Waals surface area contributed by atoms with Crippen molar-refractivity contribution in [1.82, 2.24) is 14.6 Å². The lowest BCUT2D eigenvalue weighted by Gasteiger charge is -2.17. The number of hydrogen-bond acceptors (Lipinski definition) is 3. The standard InChI is InChI=1S/C23H19FN4O2/c1-14-3-2-4-18(9-14)27-13-16(10-21(27)29)20-11-22(30)28-23(26-20)19(12-25-28)15-5-7-17(24)8-6-15/h2-9,11-12,16,25H,10,13H2,1H3. The monoisotopic (exact) mass is 402 g/mol. The molecule has 4 aromatic rings. The van der Waals surface area contributed by atoms with Gasteiger partial charge in [-0.2, -0.15) is 0 Å². The number of anilines is 1. The molecule has 2 aromatic carbocycles. The van der Waals surface area contributed by atoms with Gasteiger partial charge in [0.25, 0.3) is 5.56 Å². The molecule has 1 atom stereocenters. The molecular formula is C23H19FN4O2. The number of aryl methyl sites for hydroxylation is 1. The van der Waals surface area contributed by atoms with E-state index in [2.05, 4.69) is 5.10 Å².